The zero-order chi connectivity index (χ0) is 17.0. The molecule has 0 aliphatic rings. The second-order valence-corrected chi connectivity index (χ2v) is 5.26. The van der Waals surface area contributed by atoms with Gasteiger partial charge in [0.15, 0.2) is 0 Å². The van der Waals surface area contributed by atoms with E-state index in [1.165, 1.54) is 0 Å². The number of hydrogen-bond donors (Lipinski definition) is 0. The largest absolute Gasteiger partial charge is 0.456 e. The average molecular weight is 327 g/mol. The molecule has 0 atom stereocenters. The van der Waals surface area contributed by atoms with Gasteiger partial charge in [-0.3, -0.25) is 0 Å². The molecule has 4 rings (SSSR count). The Kier molecular flexibility index (Phi) is 1.86. The van der Waals surface area contributed by atoms with Gasteiger partial charge in [-0.2, -0.15) is 0 Å². The Bertz CT molecular complexity index is 1090. The molecule has 0 saturated carbocycles. The molecule has 1 heterocycles. The van der Waals surface area contributed by atoms with Gasteiger partial charge in [0.2, 0.25) is 0 Å². The minimum atomic E-state index is -0.0872. The van der Waals surface area contributed by atoms with Crippen LogP contribution in [0.15, 0.2) is 75.5 Å². The molecule has 0 radical (unpaired) electrons. The van der Waals surface area contributed by atoms with E-state index in [0.29, 0.717) is 11.1 Å². The summed E-state index contributed by atoms with van der Waals surface area (Å²) in [5, 5.41) is 1.69. The van der Waals surface area contributed by atoms with Gasteiger partial charge in [0.25, 0.3) is 0 Å². The Morgan fingerprint density at radius 3 is 2.45 bits per heavy atom. The summed E-state index contributed by atoms with van der Waals surface area (Å²) in [5.41, 5.74) is 2.31. The topological polar surface area (TPSA) is 13.1 Å². The Hall–Kier alpha value is -2.06. The van der Waals surface area contributed by atoms with E-state index in [9.17, 15) is 0 Å². The van der Waals surface area contributed by atoms with Crippen molar-refractivity contribution in [1.29, 1.82) is 0 Å². The summed E-state index contributed by atoms with van der Waals surface area (Å²) in [6.45, 7) is 0. The average Bonchev–Trinajstić information content (AvgIpc) is 2.98. The van der Waals surface area contributed by atoms with Crippen LogP contribution in [0.3, 0.4) is 0 Å². The van der Waals surface area contributed by atoms with Gasteiger partial charge in [0, 0.05) is 15.2 Å². The first-order chi connectivity index (χ1) is 11.5. The van der Waals surface area contributed by atoms with Crippen LogP contribution >= 0.6 is 15.9 Å². The van der Waals surface area contributed by atoms with Crippen LogP contribution in [0.4, 0.5) is 0 Å². The van der Waals surface area contributed by atoms with Crippen LogP contribution in [0.2, 0.25) is 0 Å². The van der Waals surface area contributed by atoms with E-state index in [-0.39, 0.29) is 34.2 Å². The summed E-state index contributed by atoms with van der Waals surface area (Å²) >= 11 is 3.14. The summed E-state index contributed by atoms with van der Waals surface area (Å²) in [6.07, 6.45) is 0. The van der Waals surface area contributed by atoms with E-state index in [1.807, 2.05) is 36.4 Å². The maximum atomic E-state index is 8.30. The SMILES string of the molecule is [2H]c1c([2H])c(-c2cccc3oc4ccccc4c23)c([2H])c([2H])c1Br. The van der Waals surface area contributed by atoms with Crippen molar-refractivity contribution < 1.29 is 9.90 Å². The minimum absolute atomic E-state index is 0.0688. The molecule has 0 spiro atoms. The molecule has 20 heavy (non-hydrogen) atoms. The van der Waals surface area contributed by atoms with Crippen molar-refractivity contribution in [3.05, 3.63) is 71.1 Å². The fraction of sp³-hybridized carbons (Fsp3) is 0. The predicted octanol–water partition coefficient (Wildman–Crippen LogP) is 6.02. The van der Waals surface area contributed by atoms with Crippen LogP contribution in [-0.2, 0) is 0 Å². The third-order valence-corrected chi connectivity index (χ3v) is 3.66. The second-order valence-electron chi connectivity index (χ2n) is 4.47. The van der Waals surface area contributed by atoms with Crippen LogP contribution in [0.1, 0.15) is 5.48 Å². The molecule has 3 aromatic carbocycles. The molecule has 0 saturated heterocycles. The number of hydrogen-bond acceptors (Lipinski definition) is 1. The number of rotatable bonds is 1. The van der Waals surface area contributed by atoms with Crippen LogP contribution in [0.25, 0.3) is 33.1 Å². The Morgan fingerprint density at radius 1 is 0.850 bits per heavy atom. The number of para-hydroxylation sites is 1. The lowest BCUT2D eigenvalue weighted by Gasteiger charge is -2.04. The standard InChI is InChI=1S/C18H11BrO/c19-13-10-8-12(9-11-13)14-5-3-7-17-18(14)15-4-1-2-6-16(15)20-17/h1-11H/i8D,9D,10D,11D. The lowest BCUT2D eigenvalue weighted by atomic mass is 10.00. The number of benzene rings is 3. The summed E-state index contributed by atoms with van der Waals surface area (Å²) in [5.74, 6) is 0. The summed E-state index contributed by atoms with van der Waals surface area (Å²) < 4.78 is 38.7. The zero-order valence-electron chi connectivity index (χ0n) is 14.3. The molecule has 0 aliphatic heterocycles. The van der Waals surface area contributed by atoms with Crippen molar-refractivity contribution in [1.82, 2.24) is 0 Å². The van der Waals surface area contributed by atoms with E-state index in [4.69, 9.17) is 9.90 Å². The van der Waals surface area contributed by atoms with Crippen LogP contribution < -0.4 is 0 Å². The molecular formula is C18H11BrO. The molecule has 1 aromatic heterocycles. The van der Waals surface area contributed by atoms with Gasteiger partial charge in [-0.15, -0.1) is 0 Å². The molecule has 0 aliphatic carbocycles. The maximum absolute atomic E-state index is 8.30. The monoisotopic (exact) mass is 326 g/mol. The summed E-state index contributed by atoms with van der Waals surface area (Å²) in [4.78, 5) is 0. The van der Waals surface area contributed by atoms with Gasteiger partial charge in [0.1, 0.15) is 11.2 Å². The normalized spacial score (nSPS) is 14.1. The zero-order valence-corrected chi connectivity index (χ0v) is 11.9. The van der Waals surface area contributed by atoms with Crippen molar-refractivity contribution in [3.8, 4) is 11.1 Å². The van der Waals surface area contributed by atoms with Crippen LogP contribution in [0.5, 0.6) is 0 Å². The van der Waals surface area contributed by atoms with E-state index < -0.39 is 0 Å². The smallest absolute Gasteiger partial charge is 0.136 e. The fourth-order valence-electron chi connectivity index (χ4n) is 2.41. The third-order valence-electron chi connectivity index (χ3n) is 3.27. The van der Waals surface area contributed by atoms with Gasteiger partial charge in [0.05, 0.1) is 5.48 Å². The van der Waals surface area contributed by atoms with Gasteiger partial charge in [-0.1, -0.05) is 58.3 Å². The van der Waals surface area contributed by atoms with E-state index in [2.05, 4.69) is 15.9 Å². The van der Waals surface area contributed by atoms with Crippen molar-refractivity contribution in [3.63, 3.8) is 0 Å². The summed E-state index contributed by atoms with van der Waals surface area (Å²) in [6, 6.07) is 12.7. The number of furan rings is 1. The predicted molar refractivity (Wildman–Crippen MR) is 86.9 cm³/mol. The quantitative estimate of drug-likeness (QED) is 0.417. The highest BCUT2D eigenvalue weighted by atomic mass is 79.9. The number of halogens is 1. The second kappa shape index (κ2) is 4.50. The molecule has 0 unspecified atom stereocenters. The molecule has 4 aromatic rings. The van der Waals surface area contributed by atoms with Gasteiger partial charge in [-0.05, 0) is 35.3 Å². The van der Waals surface area contributed by atoms with Crippen molar-refractivity contribution in [2.24, 2.45) is 0 Å². The summed E-state index contributed by atoms with van der Waals surface area (Å²) in [7, 11) is 0. The van der Waals surface area contributed by atoms with Gasteiger partial charge < -0.3 is 4.42 Å². The molecular weight excluding hydrogens is 312 g/mol. The van der Waals surface area contributed by atoms with E-state index >= 15 is 0 Å². The number of fused-ring (bicyclic) bond motifs is 3. The first-order valence-electron chi connectivity index (χ1n) is 8.17. The molecule has 0 bridgehead atoms. The molecule has 2 heteroatoms. The van der Waals surface area contributed by atoms with Gasteiger partial charge >= 0.3 is 0 Å². The Balaban J connectivity index is 2.20. The molecule has 0 N–H and O–H groups in total. The van der Waals surface area contributed by atoms with E-state index in [0.717, 1.165) is 16.4 Å². The first-order valence-corrected chi connectivity index (χ1v) is 6.96. The Labute approximate surface area is 130 Å². The lowest BCUT2D eigenvalue weighted by Crippen LogP contribution is -1.79. The maximum Gasteiger partial charge on any atom is 0.136 e. The highest BCUT2D eigenvalue weighted by Gasteiger charge is 2.11. The van der Waals surface area contributed by atoms with Crippen LogP contribution in [0, 0.1) is 0 Å². The van der Waals surface area contributed by atoms with Crippen molar-refractivity contribution in [2.75, 3.05) is 0 Å². The van der Waals surface area contributed by atoms with Crippen molar-refractivity contribution in [2.45, 2.75) is 0 Å². The highest BCUT2D eigenvalue weighted by molar-refractivity contribution is 9.10. The lowest BCUT2D eigenvalue weighted by molar-refractivity contribution is 0.669. The molecule has 0 amide bonds. The Morgan fingerprint density at radius 2 is 1.60 bits per heavy atom. The van der Waals surface area contributed by atoms with Crippen LogP contribution in [-0.4, -0.2) is 0 Å². The van der Waals surface area contributed by atoms with Gasteiger partial charge in [-0.25, -0.2) is 0 Å². The minimum Gasteiger partial charge on any atom is -0.456 e. The highest BCUT2D eigenvalue weighted by Crippen LogP contribution is 2.36. The molecule has 1 nitrogen and oxygen atoms in total. The van der Waals surface area contributed by atoms with Crippen molar-refractivity contribution >= 4 is 37.9 Å². The van der Waals surface area contributed by atoms with E-state index in [1.54, 1.807) is 6.07 Å². The molecule has 0 fully saturated rings. The molecule has 96 valence electrons. The fourth-order valence-corrected chi connectivity index (χ4v) is 2.61. The first kappa shape index (κ1) is 8.28. The third kappa shape index (κ3) is 1.76.